The van der Waals surface area contributed by atoms with E-state index in [1.807, 2.05) is 56.4 Å². The minimum Gasteiger partial charge on any atom is -0.469 e. The van der Waals surface area contributed by atoms with E-state index in [0.29, 0.717) is 12.8 Å². The summed E-state index contributed by atoms with van der Waals surface area (Å²) >= 11 is 0. The van der Waals surface area contributed by atoms with Gasteiger partial charge >= 0.3 is 11.9 Å². The summed E-state index contributed by atoms with van der Waals surface area (Å²) in [7, 11) is 2.76. The lowest BCUT2D eigenvalue weighted by atomic mass is 9.62. The molecule has 238 valence electrons. The molecule has 8 bridgehead atoms. The van der Waals surface area contributed by atoms with Crippen molar-refractivity contribution in [1.29, 1.82) is 0 Å². The predicted molar refractivity (Wildman–Crippen MR) is 177 cm³/mol. The Kier molecular flexibility index (Phi) is 8.63. The average molecular weight is 613 g/mol. The van der Waals surface area contributed by atoms with Gasteiger partial charge < -0.3 is 19.6 Å². The van der Waals surface area contributed by atoms with Gasteiger partial charge in [0, 0.05) is 29.5 Å². The molecule has 0 fully saturated rings. The van der Waals surface area contributed by atoms with Crippen LogP contribution in [-0.4, -0.2) is 70.4 Å². The quantitative estimate of drug-likeness (QED) is 0.386. The second-order valence-electron chi connectivity index (χ2n) is 12.6. The molecule has 5 heterocycles. The van der Waals surface area contributed by atoms with E-state index < -0.39 is 28.6 Å². The van der Waals surface area contributed by atoms with E-state index >= 15 is 0 Å². The number of rotatable bonds is 8. The number of allylic oxidation sites excluding steroid dienone is 3. The molecule has 5 unspecified atom stereocenters. The zero-order valence-corrected chi connectivity index (χ0v) is 27.3. The third-order valence-electron chi connectivity index (χ3n) is 10.2. The van der Waals surface area contributed by atoms with Gasteiger partial charge in [-0.3, -0.25) is 19.9 Å². The first-order chi connectivity index (χ1) is 21.3. The van der Waals surface area contributed by atoms with Crippen molar-refractivity contribution in [1.82, 2.24) is 10.3 Å². The van der Waals surface area contributed by atoms with Crippen LogP contribution in [0.3, 0.4) is 0 Å². The van der Waals surface area contributed by atoms with Crippen molar-refractivity contribution in [3.05, 3.63) is 81.7 Å². The average Bonchev–Trinajstić information content (AvgIpc) is 3.75. The molecule has 9 nitrogen and oxygen atoms in total. The van der Waals surface area contributed by atoms with Gasteiger partial charge in [0.15, 0.2) is 0 Å². The molecule has 4 aliphatic heterocycles. The lowest BCUT2D eigenvalue weighted by molar-refractivity contribution is -0.142. The smallest absolute Gasteiger partial charge is 0.305 e. The molecule has 3 N–H and O–H groups in total. The number of hydrogen-bond donors (Lipinski definition) is 3. The Labute approximate surface area is 264 Å². The standard InChI is InChI=1S/C36H44N4O5/c1-9-29-22(3)36(24(5)41)23(4)35(17-16-33(43)45-8)30(14-15-32(42)44-7)21(2)31(39-35)19-27-11-10-25(37-27)18-26-12-13-28(38-26)20-34(29,6)40-36/h9-13,18-20,23-24,37,40-41H,1,14-17H2,2-8H3. The lowest BCUT2D eigenvalue weighted by Crippen LogP contribution is -2.65. The summed E-state index contributed by atoms with van der Waals surface area (Å²) < 4.78 is 10.1. The van der Waals surface area contributed by atoms with Crippen molar-refractivity contribution in [3.63, 3.8) is 0 Å². The summed E-state index contributed by atoms with van der Waals surface area (Å²) in [6.45, 7) is 14.2. The molecular weight excluding hydrogens is 568 g/mol. The molecule has 0 spiro atoms. The summed E-state index contributed by atoms with van der Waals surface area (Å²) in [6.07, 6.45) is 11.9. The SMILES string of the molecule is C=CC1=C(C)C2(C(C)O)NC1(C)C=C1C=CC(=N1)C=c1ccc([nH]1)=CC1=NC(CCC(=O)OC)(C(CCC(=O)OC)=C1C)C2C. The number of H-pyrrole nitrogens is 1. The highest BCUT2D eigenvalue weighted by molar-refractivity contribution is 6.22. The molecule has 45 heavy (non-hydrogen) atoms. The van der Waals surface area contributed by atoms with Gasteiger partial charge in [-0.1, -0.05) is 19.6 Å². The number of aromatic nitrogens is 1. The number of carbonyl (C=O) groups is 2. The fourth-order valence-corrected chi connectivity index (χ4v) is 7.92. The van der Waals surface area contributed by atoms with Gasteiger partial charge in [0.25, 0.3) is 0 Å². The molecule has 1 aromatic rings. The number of carbonyl (C=O) groups excluding carboxylic acids is 2. The van der Waals surface area contributed by atoms with Gasteiger partial charge in [0.2, 0.25) is 0 Å². The number of aromatic amines is 1. The molecule has 0 radical (unpaired) electrons. The molecule has 0 saturated heterocycles. The minimum atomic E-state index is -1.00. The number of aliphatic hydroxyl groups is 1. The van der Waals surface area contributed by atoms with Crippen LogP contribution in [0, 0.1) is 5.92 Å². The minimum absolute atomic E-state index is 0.102. The Morgan fingerprint density at radius 2 is 1.78 bits per heavy atom. The van der Waals surface area contributed by atoms with Gasteiger partial charge in [0.05, 0.1) is 54.1 Å². The van der Waals surface area contributed by atoms with Crippen LogP contribution in [-0.2, 0) is 19.1 Å². The fraction of sp³-hybridized carbons (Fsp3) is 0.444. The Morgan fingerprint density at radius 3 is 2.42 bits per heavy atom. The number of nitrogens with one attached hydrogen (secondary N) is 2. The Morgan fingerprint density at radius 1 is 1.11 bits per heavy atom. The van der Waals surface area contributed by atoms with E-state index in [9.17, 15) is 14.7 Å². The molecule has 4 aliphatic rings. The van der Waals surface area contributed by atoms with E-state index in [1.165, 1.54) is 14.2 Å². The Bertz CT molecular complexity index is 1750. The summed E-state index contributed by atoms with van der Waals surface area (Å²) in [5.74, 6) is -1.09. The molecule has 5 rings (SSSR count). The van der Waals surface area contributed by atoms with Crippen LogP contribution >= 0.6 is 0 Å². The molecule has 0 aromatic carbocycles. The van der Waals surface area contributed by atoms with Crippen LogP contribution in [0.15, 0.2) is 81.0 Å². The first-order valence-electron chi connectivity index (χ1n) is 15.5. The molecular formula is C36H44N4O5. The molecule has 1 aromatic heterocycles. The fourth-order valence-electron chi connectivity index (χ4n) is 7.92. The van der Waals surface area contributed by atoms with Crippen LogP contribution < -0.4 is 16.0 Å². The largest absolute Gasteiger partial charge is 0.469 e. The number of ether oxygens (including phenoxy) is 2. The summed E-state index contributed by atoms with van der Waals surface area (Å²) in [5, 5.41) is 17.5. The third kappa shape index (κ3) is 5.42. The Hall–Kier alpha value is -4.08. The summed E-state index contributed by atoms with van der Waals surface area (Å²) in [6, 6.07) is 3.99. The number of esters is 2. The number of aliphatic imine (C=N–C) groups is 2. The van der Waals surface area contributed by atoms with Crippen LogP contribution in [0.2, 0.25) is 0 Å². The molecule has 0 amide bonds. The van der Waals surface area contributed by atoms with Crippen molar-refractivity contribution < 1.29 is 24.2 Å². The lowest BCUT2D eigenvalue weighted by Gasteiger charge is -2.50. The number of methoxy groups -OCH3 is 2. The first kappa shape index (κ1) is 32.3. The monoisotopic (exact) mass is 612 g/mol. The molecule has 5 atom stereocenters. The van der Waals surface area contributed by atoms with Crippen LogP contribution in [0.25, 0.3) is 12.2 Å². The number of aliphatic hydroxyl groups excluding tert-OH is 1. The van der Waals surface area contributed by atoms with Crippen LogP contribution in [0.5, 0.6) is 0 Å². The number of fused-ring (bicyclic) bond motifs is 6. The van der Waals surface area contributed by atoms with Gasteiger partial charge in [-0.2, -0.15) is 0 Å². The first-order valence-corrected chi connectivity index (χ1v) is 15.5. The molecule has 9 heteroatoms. The Balaban J connectivity index is 1.85. The highest BCUT2D eigenvalue weighted by Crippen LogP contribution is 2.54. The van der Waals surface area contributed by atoms with Crippen molar-refractivity contribution in [2.45, 2.75) is 83.0 Å². The highest BCUT2D eigenvalue weighted by Gasteiger charge is 2.60. The number of hydrogen-bond acceptors (Lipinski definition) is 8. The zero-order valence-electron chi connectivity index (χ0n) is 27.3. The maximum Gasteiger partial charge on any atom is 0.305 e. The summed E-state index contributed by atoms with van der Waals surface area (Å²) in [5.41, 5.74) is 3.38. The maximum absolute atomic E-state index is 12.7. The second-order valence-corrected chi connectivity index (χ2v) is 12.6. The van der Waals surface area contributed by atoms with Crippen molar-refractivity contribution in [2.75, 3.05) is 14.2 Å². The zero-order chi connectivity index (χ0) is 32.7. The topological polar surface area (TPSA) is 125 Å². The van der Waals surface area contributed by atoms with Crippen molar-refractivity contribution >= 4 is 35.5 Å². The molecule has 0 aliphatic carbocycles. The van der Waals surface area contributed by atoms with Gasteiger partial charge in [0.1, 0.15) is 0 Å². The highest BCUT2D eigenvalue weighted by atomic mass is 16.5. The summed E-state index contributed by atoms with van der Waals surface area (Å²) in [4.78, 5) is 39.0. The van der Waals surface area contributed by atoms with Crippen LogP contribution in [0.4, 0.5) is 0 Å². The van der Waals surface area contributed by atoms with E-state index in [1.54, 1.807) is 6.92 Å². The number of nitrogens with zero attached hydrogens (tertiary/aromatic N) is 2. The van der Waals surface area contributed by atoms with Gasteiger partial charge in [-0.15, -0.1) is 0 Å². The normalized spacial score (nSPS) is 29.4. The van der Waals surface area contributed by atoms with Crippen molar-refractivity contribution in [3.8, 4) is 0 Å². The molecule has 0 saturated carbocycles. The second kappa shape index (κ2) is 12.0. The van der Waals surface area contributed by atoms with Crippen LogP contribution in [0.1, 0.15) is 60.3 Å². The third-order valence-corrected chi connectivity index (χ3v) is 10.2. The van der Waals surface area contributed by atoms with E-state index in [0.717, 1.165) is 50.1 Å². The van der Waals surface area contributed by atoms with Gasteiger partial charge in [-0.25, -0.2) is 4.99 Å². The van der Waals surface area contributed by atoms with E-state index in [4.69, 9.17) is 19.5 Å². The maximum atomic E-state index is 12.7. The predicted octanol–water partition coefficient (Wildman–Crippen LogP) is 3.52. The van der Waals surface area contributed by atoms with Gasteiger partial charge in [-0.05, 0) is 105 Å². The van der Waals surface area contributed by atoms with E-state index in [2.05, 4.69) is 36.8 Å². The van der Waals surface area contributed by atoms with E-state index in [-0.39, 0.29) is 24.8 Å². The van der Waals surface area contributed by atoms with Crippen molar-refractivity contribution in [2.24, 2.45) is 15.9 Å².